The monoisotopic (exact) mass is 162 g/mol. The highest BCUT2D eigenvalue weighted by Crippen LogP contribution is 2.85. The number of hydrogen-bond donors (Lipinski definition) is 0. The Hall–Kier alpha value is -0.400. The fourth-order valence-electron chi connectivity index (χ4n) is 3.74. The highest BCUT2D eigenvalue weighted by molar-refractivity contribution is 5.40. The molecule has 0 aromatic rings. The van der Waals surface area contributed by atoms with E-state index < -0.39 is 0 Å². The first kappa shape index (κ1) is 6.11. The van der Waals surface area contributed by atoms with Crippen LogP contribution >= 0.6 is 0 Å². The fraction of sp³-hybridized carbons (Fsp3) is 1.00. The molecule has 0 aromatic heterocycles. The van der Waals surface area contributed by atoms with Gasteiger partial charge in [-0.2, -0.15) is 10.2 Å². The molecule has 0 radical (unpaired) electrons. The van der Waals surface area contributed by atoms with Gasteiger partial charge in [-0.25, -0.2) is 0 Å². The largest absolute Gasteiger partial charge is 0.189 e. The summed E-state index contributed by atoms with van der Waals surface area (Å²) in [6.07, 6.45) is 4.24. The summed E-state index contributed by atoms with van der Waals surface area (Å²) in [4.78, 5) is 0. The maximum absolute atomic E-state index is 4.55. The van der Waals surface area contributed by atoms with Crippen molar-refractivity contribution in [3.63, 3.8) is 0 Å². The van der Waals surface area contributed by atoms with Crippen LogP contribution in [-0.4, -0.2) is 11.6 Å². The molecule has 0 amide bonds. The maximum Gasteiger partial charge on any atom is 0.0934 e. The predicted molar refractivity (Wildman–Crippen MR) is 44.9 cm³/mol. The maximum atomic E-state index is 4.55. The lowest BCUT2D eigenvalue weighted by molar-refractivity contribution is 0.418. The van der Waals surface area contributed by atoms with E-state index in [0.29, 0.717) is 22.4 Å². The van der Waals surface area contributed by atoms with E-state index in [1.54, 1.807) is 0 Å². The Kier molecular flexibility index (Phi) is 0.609. The Balaban J connectivity index is 1.81. The Labute approximate surface area is 72.4 Å². The van der Waals surface area contributed by atoms with Gasteiger partial charge in [0.25, 0.3) is 0 Å². The van der Waals surface area contributed by atoms with Crippen LogP contribution in [-0.2, 0) is 0 Å². The van der Waals surface area contributed by atoms with Crippen LogP contribution in [0.15, 0.2) is 10.2 Å². The van der Waals surface area contributed by atoms with E-state index in [4.69, 9.17) is 0 Å². The van der Waals surface area contributed by atoms with Crippen molar-refractivity contribution in [2.75, 3.05) is 0 Å². The lowest BCUT2D eigenvalue weighted by Gasteiger charge is -2.10. The second-order valence-electron chi connectivity index (χ2n) is 5.84. The number of nitrogens with zero attached hydrogens (tertiary/aromatic N) is 2. The molecule has 3 aliphatic carbocycles. The van der Waals surface area contributed by atoms with E-state index in [1.165, 1.54) is 19.3 Å². The molecule has 4 aliphatic rings. The van der Waals surface area contributed by atoms with Crippen LogP contribution in [0.5, 0.6) is 0 Å². The third kappa shape index (κ3) is 0.374. The zero-order valence-corrected chi connectivity index (χ0v) is 7.67. The van der Waals surface area contributed by atoms with Crippen LogP contribution in [0.3, 0.4) is 0 Å². The van der Waals surface area contributed by atoms with E-state index in [-0.39, 0.29) is 0 Å². The average Bonchev–Trinajstić information content (AvgIpc) is 2.85. The van der Waals surface area contributed by atoms with Gasteiger partial charge in [0.2, 0.25) is 0 Å². The van der Waals surface area contributed by atoms with Gasteiger partial charge in [-0.15, -0.1) is 0 Å². The van der Waals surface area contributed by atoms with Crippen molar-refractivity contribution >= 4 is 0 Å². The van der Waals surface area contributed by atoms with E-state index in [1.807, 2.05) is 0 Å². The topological polar surface area (TPSA) is 24.7 Å². The van der Waals surface area contributed by atoms with Gasteiger partial charge in [-0.05, 0) is 24.7 Å². The van der Waals surface area contributed by atoms with Gasteiger partial charge in [0.05, 0.1) is 11.6 Å². The van der Waals surface area contributed by atoms with Gasteiger partial charge in [-0.3, -0.25) is 0 Å². The summed E-state index contributed by atoms with van der Waals surface area (Å²) >= 11 is 0. The zero-order valence-electron chi connectivity index (χ0n) is 7.67. The first-order valence-corrected chi connectivity index (χ1v) is 5.05. The smallest absolute Gasteiger partial charge is 0.0934 e. The van der Waals surface area contributed by atoms with Crippen molar-refractivity contribution in [2.24, 2.45) is 27.0 Å². The normalized spacial score (nSPS) is 59.2. The molecular weight excluding hydrogens is 148 g/mol. The van der Waals surface area contributed by atoms with Crippen molar-refractivity contribution < 1.29 is 0 Å². The van der Waals surface area contributed by atoms with Gasteiger partial charge in [0.1, 0.15) is 0 Å². The Morgan fingerprint density at radius 1 is 1.25 bits per heavy atom. The lowest BCUT2D eigenvalue weighted by atomic mass is 10.00. The van der Waals surface area contributed by atoms with Crippen molar-refractivity contribution in [3.8, 4) is 0 Å². The Bertz CT molecular complexity index is 314. The van der Waals surface area contributed by atoms with Crippen LogP contribution in [0.25, 0.3) is 0 Å². The molecular formula is C10H14N2. The van der Waals surface area contributed by atoms with Crippen molar-refractivity contribution in [2.45, 2.75) is 44.7 Å². The number of hydrogen-bond acceptors (Lipinski definition) is 2. The average molecular weight is 162 g/mol. The first-order valence-electron chi connectivity index (χ1n) is 5.05. The van der Waals surface area contributed by atoms with Gasteiger partial charge < -0.3 is 0 Å². The molecule has 3 atom stereocenters. The molecule has 2 nitrogen and oxygen atoms in total. The SMILES string of the molecule is CC1(C)[C@@H]2N=N[C@]3(CC34CC4)[C@@H]21. The Morgan fingerprint density at radius 3 is 2.42 bits per heavy atom. The van der Waals surface area contributed by atoms with E-state index in [9.17, 15) is 0 Å². The molecule has 1 aliphatic heterocycles. The third-order valence-corrected chi connectivity index (χ3v) is 4.90. The molecule has 0 saturated heterocycles. The second-order valence-corrected chi connectivity index (χ2v) is 5.84. The molecule has 2 spiro atoms. The molecule has 0 bridgehead atoms. The van der Waals surface area contributed by atoms with Crippen LogP contribution in [0.4, 0.5) is 0 Å². The van der Waals surface area contributed by atoms with E-state index in [0.717, 1.165) is 5.92 Å². The predicted octanol–water partition coefficient (Wildman–Crippen LogP) is 2.40. The summed E-state index contributed by atoms with van der Waals surface area (Å²) in [5.74, 6) is 0.826. The van der Waals surface area contributed by atoms with Crippen LogP contribution in [0.1, 0.15) is 33.1 Å². The fourth-order valence-corrected chi connectivity index (χ4v) is 3.74. The summed E-state index contributed by atoms with van der Waals surface area (Å²) in [5, 5.41) is 8.98. The molecule has 12 heavy (non-hydrogen) atoms. The van der Waals surface area contributed by atoms with Crippen LogP contribution in [0.2, 0.25) is 0 Å². The zero-order chi connectivity index (χ0) is 8.19. The molecule has 4 rings (SSSR count). The van der Waals surface area contributed by atoms with Gasteiger partial charge >= 0.3 is 0 Å². The standard InChI is InChI=1S/C10H14N2/c1-8(2)6-7(8)11-12-10(6)5-9(10)3-4-9/h6-7H,3-5H2,1-2H3/t6-,7+,10+/m0/s1. The number of fused-ring (bicyclic) bond motifs is 3. The minimum Gasteiger partial charge on any atom is -0.189 e. The summed E-state index contributed by atoms with van der Waals surface area (Å²) in [6, 6.07) is 0.595. The number of rotatable bonds is 0. The third-order valence-electron chi connectivity index (χ3n) is 4.90. The summed E-state index contributed by atoms with van der Waals surface area (Å²) in [6.45, 7) is 4.72. The quantitative estimate of drug-likeness (QED) is 0.522. The first-order chi connectivity index (χ1) is 5.63. The molecule has 2 heteroatoms. The van der Waals surface area contributed by atoms with Crippen LogP contribution < -0.4 is 0 Å². The highest BCUT2D eigenvalue weighted by Gasteiger charge is 2.87. The van der Waals surface area contributed by atoms with Crippen LogP contribution in [0, 0.1) is 16.7 Å². The summed E-state index contributed by atoms with van der Waals surface area (Å²) < 4.78 is 0. The summed E-state index contributed by atoms with van der Waals surface area (Å²) in [7, 11) is 0. The van der Waals surface area contributed by atoms with Crippen molar-refractivity contribution in [3.05, 3.63) is 0 Å². The van der Waals surface area contributed by atoms with Crippen molar-refractivity contribution in [1.29, 1.82) is 0 Å². The van der Waals surface area contributed by atoms with Gasteiger partial charge in [0.15, 0.2) is 0 Å². The van der Waals surface area contributed by atoms with E-state index in [2.05, 4.69) is 24.1 Å². The molecule has 0 unspecified atom stereocenters. The molecule has 64 valence electrons. The molecule has 0 N–H and O–H groups in total. The molecule has 0 aromatic carbocycles. The van der Waals surface area contributed by atoms with E-state index >= 15 is 0 Å². The number of azo groups is 1. The second kappa shape index (κ2) is 1.19. The van der Waals surface area contributed by atoms with Crippen molar-refractivity contribution in [1.82, 2.24) is 0 Å². The molecule has 3 saturated carbocycles. The highest BCUT2D eigenvalue weighted by atomic mass is 15.3. The summed E-state index contributed by atoms with van der Waals surface area (Å²) in [5.41, 5.74) is 1.55. The minimum absolute atomic E-state index is 0.376. The molecule has 1 heterocycles. The Morgan fingerprint density at radius 2 is 2.00 bits per heavy atom. The minimum atomic E-state index is 0.376. The van der Waals surface area contributed by atoms with Gasteiger partial charge in [-0.1, -0.05) is 13.8 Å². The molecule has 3 fully saturated rings. The lowest BCUT2D eigenvalue weighted by Crippen LogP contribution is -2.14. The van der Waals surface area contributed by atoms with Gasteiger partial charge in [0, 0.05) is 11.3 Å².